The molecule has 0 amide bonds. The van der Waals surface area contributed by atoms with Crippen LogP contribution in [0.3, 0.4) is 0 Å². The first-order chi connectivity index (χ1) is 4.46. The SMILES string of the molecule is O=[N+]([O-])[O-].O=[N+]([O-])[O-].[O]=[Zr+2]. The molecule has 0 N–H and O–H groups in total. The second-order valence-corrected chi connectivity index (χ2v) is 0.447. The number of rotatable bonds is 0. The predicted octanol–water partition coefficient (Wildman–Crippen LogP) is -0.600. The maximum absolute atomic E-state index is 8.34. The predicted molar refractivity (Wildman–Crippen MR) is 21.4 cm³/mol. The normalized spacial score (nSPS) is 5.40. The number of hydrogen-bond donors (Lipinski definition) is 0. The Morgan fingerprint density at radius 2 is 0.800 bits per heavy atom. The second-order valence-electron chi connectivity index (χ2n) is 0.447. The molecule has 0 spiro atoms. The molecule has 0 saturated carbocycles. The van der Waals surface area contributed by atoms with Crippen molar-refractivity contribution in [3.05, 3.63) is 30.6 Å². The summed E-state index contributed by atoms with van der Waals surface area (Å²) in [6.45, 7) is 0. The van der Waals surface area contributed by atoms with Gasteiger partial charge in [-0.05, 0) is 0 Å². The van der Waals surface area contributed by atoms with E-state index in [0.717, 1.165) is 0 Å². The van der Waals surface area contributed by atoms with Crippen LogP contribution in [0.15, 0.2) is 0 Å². The van der Waals surface area contributed by atoms with Gasteiger partial charge in [0.2, 0.25) is 0 Å². The van der Waals surface area contributed by atoms with E-state index in [4.69, 9.17) is 33.5 Å². The first-order valence-corrected chi connectivity index (χ1v) is 2.30. The van der Waals surface area contributed by atoms with Gasteiger partial charge in [0, 0.05) is 0 Å². The zero-order chi connectivity index (χ0) is 9.15. The minimum atomic E-state index is -1.75. The van der Waals surface area contributed by atoms with Crippen molar-refractivity contribution in [1.82, 2.24) is 0 Å². The van der Waals surface area contributed by atoms with E-state index in [2.05, 4.69) is 0 Å². The first-order valence-electron chi connectivity index (χ1n) is 1.30. The zero-order valence-corrected chi connectivity index (χ0v) is 6.71. The van der Waals surface area contributed by atoms with Crippen molar-refractivity contribution >= 4 is 0 Å². The Morgan fingerprint density at radius 1 is 0.800 bits per heavy atom. The Kier molecular flexibility index (Phi) is 25.2. The fraction of sp³-hybridized carbons (Fsp3) is 0. The Balaban J connectivity index is -0.0000000787. The van der Waals surface area contributed by atoms with E-state index in [1.807, 2.05) is 0 Å². The molecule has 56 valence electrons. The summed E-state index contributed by atoms with van der Waals surface area (Å²) in [6, 6.07) is 0. The Hall–Kier alpha value is -0.917. The maximum atomic E-state index is 8.34. The van der Waals surface area contributed by atoms with Crippen LogP contribution < -0.4 is 0 Å². The summed E-state index contributed by atoms with van der Waals surface area (Å²) in [6.07, 6.45) is 0. The van der Waals surface area contributed by atoms with Crippen LogP contribution in [0.5, 0.6) is 0 Å². The number of nitrogens with zero attached hydrogens (tertiary/aromatic N) is 2. The fourth-order valence-electron chi connectivity index (χ4n) is 0. The summed E-state index contributed by atoms with van der Waals surface area (Å²) in [5.74, 6) is 0. The molecule has 0 radical (unpaired) electrons. The molecule has 0 rings (SSSR count). The molecule has 0 bridgehead atoms. The standard InChI is InChI=1S/2NO3.O.Zr/c2*2-1(3)4;;/q2*-1;;+2. The molecule has 10 heavy (non-hydrogen) atoms. The van der Waals surface area contributed by atoms with Crippen LogP contribution in [0.2, 0.25) is 0 Å². The van der Waals surface area contributed by atoms with E-state index in [0.29, 0.717) is 24.7 Å². The number of hydrogen-bond acceptors (Lipinski definition) is 7. The molecule has 0 aliphatic heterocycles. The molecule has 0 fully saturated rings. The van der Waals surface area contributed by atoms with Crippen molar-refractivity contribution in [2.75, 3.05) is 0 Å². The molecular formula is N2O7Zr. The minimum absolute atomic E-state index is 0.300. The molecule has 0 aliphatic carbocycles. The van der Waals surface area contributed by atoms with Crippen molar-refractivity contribution in [3.63, 3.8) is 0 Å². The molecule has 9 nitrogen and oxygen atoms in total. The van der Waals surface area contributed by atoms with E-state index >= 15 is 0 Å². The average molecular weight is 231 g/mol. The third-order valence-corrected chi connectivity index (χ3v) is 0. The van der Waals surface area contributed by atoms with Crippen LogP contribution in [0.1, 0.15) is 0 Å². The van der Waals surface area contributed by atoms with Crippen molar-refractivity contribution in [2.45, 2.75) is 0 Å². The Labute approximate surface area is 68.8 Å². The van der Waals surface area contributed by atoms with Crippen molar-refractivity contribution in [2.24, 2.45) is 0 Å². The van der Waals surface area contributed by atoms with E-state index in [1.165, 1.54) is 0 Å². The van der Waals surface area contributed by atoms with E-state index in [-0.39, 0.29) is 0 Å². The van der Waals surface area contributed by atoms with E-state index in [1.54, 1.807) is 0 Å². The van der Waals surface area contributed by atoms with Gasteiger partial charge in [-0.15, -0.1) is 0 Å². The van der Waals surface area contributed by atoms with Crippen LogP contribution in [-0.4, -0.2) is 10.2 Å². The topological polar surface area (TPSA) is 149 Å². The van der Waals surface area contributed by atoms with Gasteiger partial charge in [0.05, 0.1) is 10.2 Å². The molecule has 0 heterocycles. The molecule has 0 aliphatic rings. The van der Waals surface area contributed by atoms with Gasteiger partial charge < -0.3 is 30.6 Å². The summed E-state index contributed by atoms with van der Waals surface area (Å²) in [5, 5.41) is 29.5. The Morgan fingerprint density at radius 3 is 0.800 bits per heavy atom. The molecule has 0 saturated heterocycles. The van der Waals surface area contributed by atoms with Gasteiger partial charge in [-0.1, -0.05) is 0 Å². The van der Waals surface area contributed by atoms with Crippen LogP contribution in [-0.2, 0) is 27.5 Å². The average Bonchev–Trinajstić information content (AvgIpc) is 1.66. The third-order valence-electron chi connectivity index (χ3n) is 0. The molecule has 0 aromatic heterocycles. The van der Waals surface area contributed by atoms with Gasteiger partial charge in [0.1, 0.15) is 0 Å². The Bertz CT molecular complexity index is 79.8. The molecule has 10 heteroatoms. The van der Waals surface area contributed by atoms with Crippen LogP contribution in [0, 0.1) is 30.6 Å². The van der Waals surface area contributed by atoms with Crippen LogP contribution >= 0.6 is 0 Å². The van der Waals surface area contributed by atoms with Gasteiger partial charge in [-0.2, -0.15) is 0 Å². The van der Waals surface area contributed by atoms with Crippen molar-refractivity contribution in [3.8, 4) is 0 Å². The second kappa shape index (κ2) is 15.7. The van der Waals surface area contributed by atoms with E-state index < -0.39 is 10.2 Å². The fourth-order valence-corrected chi connectivity index (χ4v) is 0. The molecular weight excluding hydrogens is 231 g/mol. The molecule has 0 aromatic carbocycles. The summed E-state index contributed by atoms with van der Waals surface area (Å²) >= 11 is 0.300. The van der Waals surface area contributed by atoms with E-state index in [9.17, 15) is 0 Å². The summed E-state index contributed by atoms with van der Waals surface area (Å²) in [7, 11) is 0. The van der Waals surface area contributed by atoms with Gasteiger partial charge in [0.15, 0.2) is 0 Å². The summed E-state index contributed by atoms with van der Waals surface area (Å²) < 4.78 is 8.34. The van der Waals surface area contributed by atoms with Gasteiger partial charge in [0.25, 0.3) is 0 Å². The quantitative estimate of drug-likeness (QED) is 0.398. The molecule has 0 aromatic rings. The van der Waals surface area contributed by atoms with Crippen LogP contribution in [0.25, 0.3) is 0 Å². The summed E-state index contributed by atoms with van der Waals surface area (Å²) in [5.41, 5.74) is 0. The molecule has 0 unspecified atom stereocenters. The zero-order valence-electron chi connectivity index (χ0n) is 4.25. The molecule has 0 atom stereocenters. The summed E-state index contributed by atoms with van der Waals surface area (Å²) in [4.78, 5) is 16.5. The van der Waals surface area contributed by atoms with Crippen LogP contribution in [0.4, 0.5) is 0 Å². The van der Waals surface area contributed by atoms with Gasteiger partial charge in [-0.25, -0.2) is 0 Å². The third kappa shape index (κ3) is 312. The van der Waals surface area contributed by atoms with Gasteiger partial charge >= 0.3 is 27.5 Å². The first kappa shape index (κ1) is 16.0. The van der Waals surface area contributed by atoms with Crippen molar-refractivity contribution in [1.29, 1.82) is 0 Å². The monoisotopic (exact) mass is 230 g/mol. The van der Waals surface area contributed by atoms with Crippen molar-refractivity contribution < 1.29 is 37.7 Å². The van der Waals surface area contributed by atoms with Gasteiger partial charge in [-0.3, -0.25) is 0 Å².